The predicted molar refractivity (Wildman–Crippen MR) is 59.8 cm³/mol. The van der Waals surface area contributed by atoms with Crippen molar-refractivity contribution in [2.75, 3.05) is 0 Å². The average molecular weight is 220 g/mol. The first-order chi connectivity index (χ1) is 7.15. The summed E-state index contributed by atoms with van der Waals surface area (Å²) < 4.78 is 1.70. The van der Waals surface area contributed by atoms with Gasteiger partial charge in [-0.2, -0.15) is 10.4 Å². The standard InChI is InChI=1S/C11H10ClN3/c1-7(2)15-10(6-13)8-4-3-5-9(12)11(8)14-15/h3-5,7H,1-2H3. The summed E-state index contributed by atoms with van der Waals surface area (Å²) in [5.41, 5.74) is 1.27. The van der Waals surface area contributed by atoms with Crippen molar-refractivity contribution in [2.45, 2.75) is 19.9 Å². The Hall–Kier alpha value is -1.53. The van der Waals surface area contributed by atoms with Gasteiger partial charge in [0.05, 0.1) is 5.02 Å². The van der Waals surface area contributed by atoms with E-state index >= 15 is 0 Å². The summed E-state index contributed by atoms with van der Waals surface area (Å²) in [7, 11) is 0. The Morgan fingerprint density at radius 1 is 1.47 bits per heavy atom. The van der Waals surface area contributed by atoms with E-state index in [1.807, 2.05) is 26.0 Å². The molecular formula is C11H10ClN3. The Morgan fingerprint density at radius 2 is 2.20 bits per heavy atom. The van der Waals surface area contributed by atoms with Crippen molar-refractivity contribution in [1.82, 2.24) is 9.78 Å². The molecule has 0 aliphatic carbocycles. The number of nitrogens with zero attached hydrogens (tertiary/aromatic N) is 3. The molecule has 0 spiro atoms. The smallest absolute Gasteiger partial charge is 0.146 e. The van der Waals surface area contributed by atoms with Crippen LogP contribution in [0, 0.1) is 11.3 Å². The summed E-state index contributed by atoms with van der Waals surface area (Å²) in [5.74, 6) is 0. The van der Waals surface area contributed by atoms with Gasteiger partial charge in [-0.3, -0.25) is 4.68 Å². The van der Waals surface area contributed by atoms with Gasteiger partial charge in [0.2, 0.25) is 0 Å². The van der Waals surface area contributed by atoms with Crippen LogP contribution in [-0.4, -0.2) is 9.78 Å². The van der Waals surface area contributed by atoms with Crippen LogP contribution >= 0.6 is 11.6 Å². The van der Waals surface area contributed by atoms with Gasteiger partial charge in [-0.05, 0) is 26.0 Å². The van der Waals surface area contributed by atoms with E-state index < -0.39 is 0 Å². The molecule has 0 aliphatic heterocycles. The normalized spacial score (nSPS) is 10.9. The van der Waals surface area contributed by atoms with Crippen LogP contribution in [0.5, 0.6) is 0 Å². The molecule has 0 N–H and O–H groups in total. The number of rotatable bonds is 1. The highest BCUT2D eigenvalue weighted by Crippen LogP contribution is 2.26. The minimum absolute atomic E-state index is 0.156. The van der Waals surface area contributed by atoms with Crippen LogP contribution in [0.15, 0.2) is 18.2 Å². The SMILES string of the molecule is CC(C)n1nc2c(Cl)cccc2c1C#N. The Labute approximate surface area is 92.9 Å². The van der Waals surface area contributed by atoms with Gasteiger partial charge in [-0.1, -0.05) is 17.7 Å². The zero-order chi connectivity index (χ0) is 11.0. The summed E-state index contributed by atoms with van der Waals surface area (Å²) in [6.45, 7) is 3.97. The number of nitriles is 1. The average Bonchev–Trinajstić information content (AvgIpc) is 2.57. The van der Waals surface area contributed by atoms with Gasteiger partial charge >= 0.3 is 0 Å². The molecular weight excluding hydrogens is 210 g/mol. The maximum absolute atomic E-state index is 9.09. The van der Waals surface area contributed by atoms with Crippen LogP contribution in [0.3, 0.4) is 0 Å². The summed E-state index contributed by atoms with van der Waals surface area (Å²) in [5, 5.41) is 14.8. The maximum atomic E-state index is 9.09. The fourth-order valence-corrected chi connectivity index (χ4v) is 1.79. The molecule has 1 aromatic carbocycles. The van der Waals surface area contributed by atoms with Gasteiger partial charge in [0.25, 0.3) is 0 Å². The highest BCUT2D eigenvalue weighted by molar-refractivity contribution is 6.35. The van der Waals surface area contributed by atoms with Crippen molar-refractivity contribution >= 4 is 22.5 Å². The Kier molecular flexibility index (Phi) is 2.37. The van der Waals surface area contributed by atoms with Gasteiger partial charge in [0.1, 0.15) is 17.3 Å². The molecule has 76 valence electrons. The fourth-order valence-electron chi connectivity index (χ4n) is 1.57. The number of benzene rings is 1. The number of hydrogen-bond acceptors (Lipinski definition) is 2. The van der Waals surface area contributed by atoms with E-state index in [-0.39, 0.29) is 6.04 Å². The number of halogens is 1. The summed E-state index contributed by atoms with van der Waals surface area (Å²) in [6.07, 6.45) is 0. The van der Waals surface area contributed by atoms with Crippen LogP contribution in [0.25, 0.3) is 10.9 Å². The molecule has 1 heterocycles. The monoisotopic (exact) mass is 219 g/mol. The Balaban J connectivity index is 2.86. The first kappa shape index (κ1) is 10.0. The van der Waals surface area contributed by atoms with E-state index in [4.69, 9.17) is 16.9 Å². The zero-order valence-electron chi connectivity index (χ0n) is 8.53. The molecule has 1 aromatic heterocycles. The number of aromatic nitrogens is 2. The van der Waals surface area contributed by atoms with E-state index in [0.29, 0.717) is 16.2 Å². The maximum Gasteiger partial charge on any atom is 0.146 e. The molecule has 0 radical (unpaired) electrons. The minimum atomic E-state index is 0.156. The molecule has 0 atom stereocenters. The molecule has 0 bridgehead atoms. The van der Waals surface area contributed by atoms with Crippen molar-refractivity contribution in [3.05, 3.63) is 28.9 Å². The van der Waals surface area contributed by atoms with Crippen LogP contribution in [0.1, 0.15) is 25.6 Å². The summed E-state index contributed by atoms with van der Waals surface area (Å²) in [6, 6.07) is 7.80. The molecule has 0 amide bonds. The van der Waals surface area contributed by atoms with Crippen molar-refractivity contribution in [3.8, 4) is 6.07 Å². The molecule has 15 heavy (non-hydrogen) atoms. The van der Waals surface area contributed by atoms with Crippen molar-refractivity contribution in [1.29, 1.82) is 5.26 Å². The van der Waals surface area contributed by atoms with Crippen molar-refractivity contribution in [3.63, 3.8) is 0 Å². The lowest BCUT2D eigenvalue weighted by Crippen LogP contribution is -2.04. The van der Waals surface area contributed by atoms with Crippen molar-refractivity contribution in [2.24, 2.45) is 0 Å². The molecule has 2 rings (SSSR count). The highest BCUT2D eigenvalue weighted by Gasteiger charge is 2.14. The highest BCUT2D eigenvalue weighted by atomic mass is 35.5. The van der Waals surface area contributed by atoms with Crippen molar-refractivity contribution < 1.29 is 0 Å². The molecule has 0 fully saturated rings. The summed E-state index contributed by atoms with van der Waals surface area (Å²) >= 11 is 6.02. The van der Waals surface area contributed by atoms with Gasteiger partial charge in [0, 0.05) is 11.4 Å². The third kappa shape index (κ3) is 1.47. The first-order valence-corrected chi connectivity index (χ1v) is 5.09. The topological polar surface area (TPSA) is 41.6 Å². The molecule has 3 nitrogen and oxygen atoms in total. The van der Waals surface area contributed by atoms with Gasteiger partial charge in [0.15, 0.2) is 0 Å². The Bertz CT molecular complexity index is 549. The molecule has 2 aromatic rings. The minimum Gasteiger partial charge on any atom is -0.251 e. The van der Waals surface area contributed by atoms with E-state index in [0.717, 1.165) is 5.39 Å². The largest absolute Gasteiger partial charge is 0.251 e. The van der Waals surface area contributed by atoms with E-state index in [1.165, 1.54) is 0 Å². The number of fused-ring (bicyclic) bond motifs is 1. The van der Waals surface area contributed by atoms with Gasteiger partial charge in [-0.15, -0.1) is 0 Å². The lowest BCUT2D eigenvalue weighted by atomic mass is 10.2. The lowest BCUT2D eigenvalue weighted by molar-refractivity contribution is 0.532. The van der Waals surface area contributed by atoms with E-state index in [9.17, 15) is 0 Å². The van der Waals surface area contributed by atoms with Crippen LogP contribution in [0.2, 0.25) is 5.02 Å². The second-order valence-corrected chi connectivity index (χ2v) is 4.04. The molecule has 4 heteroatoms. The third-order valence-electron chi connectivity index (χ3n) is 2.27. The zero-order valence-corrected chi connectivity index (χ0v) is 9.28. The molecule has 0 saturated carbocycles. The van der Waals surface area contributed by atoms with E-state index in [1.54, 1.807) is 10.7 Å². The summed E-state index contributed by atoms with van der Waals surface area (Å²) in [4.78, 5) is 0. The molecule has 0 unspecified atom stereocenters. The number of hydrogen-bond donors (Lipinski definition) is 0. The second-order valence-electron chi connectivity index (χ2n) is 3.63. The second kappa shape index (κ2) is 3.56. The molecule has 0 aliphatic rings. The predicted octanol–water partition coefficient (Wildman–Crippen LogP) is 3.14. The lowest BCUT2D eigenvalue weighted by Gasteiger charge is -2.05. The molecule has 0 saturated heterocycles. The Morgan fingerprint density at radius 3 is 2.80 bits per heavy atom. The first-order valence-electron chi connectivity index (χ1n) is 4.72. The van der Waals surface area contributed by atoms with Crippen LogP contribution < -0.4 is 0 Å². The van der Waals surface area contributed by atoms with Crippen LogP contribution in [-0.2, 0) is 0 Å². The van der Waals surface area contributed by atoms with Gasteiger partial charge < -0.3 is 0 Å². The quantitative estimate of drug-likeness (QED) is 0.740. The fraction of sp³-hybridized carbons (Fsp3) is 0.273. The van der Waals surface area contributed by atoms with Crippen LogP contribution in [0.4, 0.5) is 0 Å². The van der Waals surface area contributed by atoms with E-state index in [2.05, 4.69) is 11.2 Å². The third-order valence-corrected chi connectivity index (χ3v) is 2.58. The van der Waals surface area contributed by atoms with Gasteiger partial charge in [-0.25, -0.2) is 0 Å².